The summed E-state index contributed by atoms with van der Waals surface area (Å²) < 4.78 is 5.21. The number of nitrogens with one attached hydrogen (secondary N) is 1. The molecule has 0 bridgehead atoms. The predicted octanol–water partition coefficient (Wildman–Crippen LogP) is 2.26. The quantitative estimate of drug-likeness (QED) is 0.878. The van der Waals surface area contributed by atoms with Gasteiger partial charge in [-0.05, 0) is 43.6 Å². The van der Waals surface area contributed by atoms with E-state index >= 15 is 0 Å². The number of hydrogen-bond donors (Lipinski definition) is 1. The molecule has 0 atom stereocenters. The molecule has 1 aliphatic heterocycles. The second-order valence-corrected chi connectivity index (χ2v) is 4.18. The Morgan fingerprint density at radius 1 is 1.35 bits per heavy atom. The number of benzene rings is 1. The minimum atomic E-state index is -0.334. The molecule has 2 rings (SSSR count). The van der Waals surface area contributed by atoms with Gasteiger partial charge < -0.3 is 10.1 Å². The lowest BCUT2D eigenvalue weighted by atomic mass is 9.74. The van der Waals surface area contributed by atoms with E-state index in [4.69, 9.17) is 4.74 Å². The molecule has 0 radical (unpaired) electrons. The summed E-state index contributed by atoms with van der Waals surface area (Å²) in [7, 11) is 1.65. The van der Waals surface area contributed by atoms with Crippen LogP contribution in [0.1, 0.15) is 18.4 Å². The first-order valence-corrected chi connectivity index (χ1v) is 5.57. The van der Waals surface area contributed by atoms with Gasteiger partial charge in [-0.2, -0.15) is 5.26 Å². The minimum absolute atomic E-state index is 0. The molecule has 0 aromatic heterocycles. The van der Waals surface area contributed by atoms with Gasteiger partial charge in [0.05, 0.1) is 18.6 Å². The van der Waals surface area contributed by atoms with Crippen LogP contribution in [0.3, 0.4) is 0 Å². The Morgan fingerprint density at radius 2 is 2.06 bits per heavy atom. The first-order valence-electron chi connectivity index (χ1n) is 5.57. The van der Waals surface area contributed by atoms with Crippen LogP contribution in [-0.2, 0) is 5.41 Å². The molecule has 1 N–H and O–H groups in total. The van der Waals surface area contributed by atoms with Gasteiger partial charge in [0.25, 0.3) is 0 Å². The third kappa shape index (κ3) is 2.71. The number of piperidine rings is 1. The fourth-order valence-corrected chi connectivity index (χ4v) is 2.24. The number of rotatable bonds is 2. The monoisotopic (exact) mass is 252 g/mol. The van der Waals surface area contributed by atoms with E-state index in [1.54, 1.807) is 7.11 Å². The number of methoxy groups -OCH3 is 1. The van der Waals surface area contributed by atoms with Gasteiger partial charge in [-0.1, -0.05) is 12.1 Å². The van der Waals surface area contributed by atoms with Crippen molar-refractivity contribution in [3.05, 3.63) is 29.8 Å². The Bertz CT molecular complexity index is 408. The van der Waals surface area contributed by atoms with E-state index in [-0.39, 0.29) is 17.8 Å². The van der Waals surface area contributed by atoms with Crippen molar-refractivity contribution >= 4 is 12.4 Å². The summed E-state index contributed by atoms with van der Waals surface area (Å²) in [4.78, 5) is 0. The maximum absolute atomic E-state index is 9.44. The van der Waals surface area contributed by atoms with Gasteiger partial charge in [0.2, 0.25) is 0 Å². The molecule has 0 saturated carbocycles. The van der Waals surface area contributed by atoms with Crippen molar-refractivity contribution in [2.75, 3.05) is 20.2 Å². The topological polar surface area (TPSA) is 45.0 Å². The largest absolute Gasteiger partial charge is 0.497 e. The molecule has 0 amide bonds. The molecule has 1 heterocycles. The molecule has 3 nitrogen and oxygen atoms in total. The molecular formula is C13H17ClN2O. The zero-order valence-electron chi connectivity index (χ0n) is 9.90. The fourth-order valence-electron chi connectivity index (χ4n) is 2.24. The van der Waals surface area contributed by atoms with Crippen molar-refractivity contribution in [3.63, 3.8) is 0 Å². The van der Waals surface area contributed by atoms with Crippen LogP contribution in [0.15, 0.2) is 24.3 Å². The van der Waals surface area contributed by atoms with Gasteiger partial charge in [0, 0.05) is 0 Å². The van der Waals surface area contributed by atoms with Gasteiger partial charge in [0.1, 0.15) is 5.75 Å². The van der Waals surface area contributed by atoms with Crippen molar-refractivity contribution in [2.24, 2.45) is 0 Å². The van der Waals surface area contributed by atoms with Crippen LogP contribution in [0, 0.1) is 11.3 Å². The average molecular weight is 253 g/mol. The molecular weight excluding hydrogens is 236 g/mol. The number of ether oxygens (including phenoxy) is 1. The highest BCUT2D eigenvalue weighted by atomic mass is 35.5. The molecule has 4 heteroatoms. The highest BCUT2D eigenvalue weighted by Gasteiger charge is 2.34. The molecule has 1 aromatic rings. The Labute approximate surface area is 108 Å². The standard InChI is InChI=1S/C13H16N2O.ClH/c1-16-12-4-2-3-11(9-12)13(10-14)5-7-15-8-6-13;/h2-4,9,15H,5-8H2,1H3;1H. The maximum Gasteiger partial charge on any atom is 0.119 e. The van der Waals surface area contributed by atoms with Crippen LogP contribution in [-0.4, -0.2) is 20.2 Å². The average Bonchev–Trinajstić information content (AvgIpc) is 2.39. The first-order chi connectivity index (χ1) is 7.80. The van der Waals surface area contributed by atoms with Crippen molar-refractivity contribution in [2.45, 2.75) is 18.3 Å². The SMILES string of the molecule is COc1cccc(C2(C#N)CCNCC2)c1.Cl. The lowest BCUT2D eigenvalue weighted by Gasteiger charge is -2.31. The van der Waals surface area contributed by atoms with E-state index in [1.165, 1.54) is 0 Å². The van der Waals surface area contributed by atoms with Crippen LogP contribution in [0.4, 0.5) is 0 Å². The molecule has 92 valence electrons. The highest BCUT2D eigenvalue weighted by Crippen LogP contribution is 2.34. The second-order valence-electron chi connectivity index (χ2n) is 4.18. The van der Waals surface area contributed by atoms with Crippen LogP contribution in [0.2, 0.25) is 0 Å². The summed E-state index contributed by atoms with van der Waals surface area (Å²) in [5, 5.41) is 12.7. The Hall–Kier alpha value is -1.24. The summed E-state index contributed by atoms with van der Waals surface area (Å²) in [6.45, 7) is 1.82. The maximum atomic E-state index is 9.44. The van der Waals surface area contributed by atoms with Gasteiger partial charge in [-0.3, -0.25) is 0 Å². The van der Waals surface area contributed by atoms with E-state index in [0.717, 1.165) is 37.2 Å². The lowest BCUT2D eigenvalue weighted by molar-refractivity contribution is 0.377. The third-order valence-corrected chi connectivity index (χ3v) is 3.29. The van der Waals surface area contributed by atoms with Gasteiger partial charge >= 0.3 is 0 Å². The molecule has 1 saturated heterocycles. The normalized spacial score (nSPS) is 17.6. The van der Waals surface area contributed by atoms with Crippen LogP contribution in [0.25, 0.3) is 0 Å². The second kappa shape index (κ2) is 5.90. The molecule has 0 spiro atoms. The number of hydrogen-bond acceptors (Lipinski definition) is 3. The van der Waals surface area contributed by atoms with Crippen LogP contribution < -0.4 is 10.1 Å². The Balaban J connectivity index is 0.00000144. The van der Waals surface area contributed by atoms with Crippen molar-refractivity contribution < 1.29 is 4.74 Å². The third-order valence-electron chi connectivity index (χ3n) is 3.29. The molecule has 0 aliphatic carbocycles. The number of nitriles is 1. The van der Waals surface area contributed by atoms with Crippen LogP contribution in [0.5, 0.6) is 5.75 Å². The number of nitrogens with zero attached hydrogens (tertiary/aromatic N) is 1. The molecule has 1 fully saturated rings. The van der Waals surface area contributed by atoms with E-state index in [0.29, 0.717) is 0 Å². The van der Waals surface area contributed by atoms with Gasteiger partial charge in [0.15, 0.2) is 0 Å². The van der Waals surface area contributed by atoms with Crippen molar-refractivity contribution in [1.29, 1.82) is 5.26 Å². The summed E-state index contributed by atoms with van der Waals surface area (Å²) >= 11 is 0. The molecule has 1 aliphatic rings. The Morgan fingerprint density at radius 3 is 2.65 bits per heavy atom. The lowest BCUT2D eigenvalue weighted by Crippen LogP contribution is -2.38. The zero-order chi connectivity index (χ0) is 11.4. The Kier molecular flexibility index (Phi) is 4.80. The molecule has 17 heavy (non-hydrogen) atoms. The highest BCUT2D eigenvalue weighted by molar-refractivity contribution is 5.85. The minimum Gasteiger partial charge on any atom is -0.497 e. The summed E-state index contributed by atoms with van der Waals surface area (Å²) in [6.07, 6.45) is 1.74. The van der Waals surface area contributed by atoms with E-state index in [2.05, 4.69) is 11.4 Å². The predicted molar refractivity (Wildman–Crippen MR) is 69.6 cm³/mol. The number of halogens is 1. The summed E-state index contributed by atoms with van der Waals surface area (Å²) in [5.41, 5.74) is 0.746. The summed E-state index contributed by atoms with van der Waals surface area (Å²) in [5.74, 6) is 0.825. The van der Waals surface area contributed by atoms with Crippen molar-refractivity contribution in [1.82, 2.24) is 5.32 Å². The molecule has 1 aromatic carbocycles. The van der Waals surface area contributed by atoms with E-state index < -0.39 is 0 Å². The van der Waals surface area contributed by atoms with Crippen molar-refractivity contribution in [3.8, 4) is 11.8 Å². The molecule has 0 unspecified atom stereocenters. The van der Waals surface area contributed by atoms with E-state index in [1.807, 2.05) is 24.3 Å². The van der Waals surface area contributed by atoms with Crippen LogP contribution >= 0.6 is 12.4 Å². The summed E-state index contributed by atoms with van der Waals surface area (Å²) in [6, 6.07) is 10.4. The first kappa shape index (κ1) is 13.8. The van der Waals surface area contributed by atoms with E-state index in [9.17, 15) is 5.26 Å². The smallest absolute Gasteiger partial charge is 0.119 e. The zero-order valence-corrected chi connectivity index (χ0v) is 10.7. The fraction of sp³-hybridized carbons (Fsp3) is 0.462. The van der Waals surface area contributed by atoms with Gasteiger partial charge in [-0.15, -0.1) is 12.4 Å². The van der Waals surface area contributed by atoms with Gasteiger partial charge in [-0.25, -0.2) is 0 Å².